The number of hydrogen-bond donors (Lipinski definition) is 1. The van der Waals surface area contributed by atoms with Crippen LogP contribution in [-0.4, -0.2) is 12.5 Å². The minimum atomic E-state index is -0.521. The van der Waals surface area contributed by atoms with Crippen molar-refractivity contribution in [2.75, 3.05) is 6.54 Å². The lowest BCUT2D eigenvalue weighted by Crippen LogP contribution is -2.23. The van der Waals surface area contributed by atoms with Crippen molar-refractivity contribution in [2.45, 2.75) is 59.3 Å². The van der Waals surface area contributed by atoms with Crippen LogP contribution in [-0.2, 0) is 4.79 Å². The van der Waals surface area contributed by atoms with Gasteiger partial charge in [0.2, 0.25) is 5.91 Å². The molecule has 4 heteroatoms. The number of amides is 1. The number of hydrogen-bond acceptors (Lipinski definition) is 1. The fourth-order valence-corrected chi connectivity index (χ4v) is 2.27. The van der Waals surface area contributed by atoms with Gasteiger partial charge in [0.25, 0.3) is 0 Å². The number of benzene rings is 1. The molecule has 28 heavy (non-hydrogen) atoms. The molecule has 0 bridgehead atoms. The quantitative estimate of drug-likeness (QED) is 0.222. The zero-order valence-electron chi connectivity index (χ0n) is 17.4. The van der Waals surface area contributed by atoms with Gasteiger partial charge >= 0.3 is 0 Å². The van der Waals surface area contributed by atoms with Gasteiger partial charge in [-0.2, -0.15) is 0 Å². The van der Waals surface area contributed by atoms with E-state index in [1.54, 1.807) is 13.0 Å². The molecule has 154 valence electrons. The number of terminal acetylenes is 1. The predicted octanol–water partition coefficient (Wildman–Crippen LogP) is 6.12. The minimum Gasteiger partial charge on any atom is -0.349 e. The number of unbranched alkanes of at least 4 members (excludes halogenated alkanes) is 2. The van der Waals surface area contributed by atoms with E-state index in [-0.39, 0.29) is 5.91 Å². The fourth-order valence-electron chi connectivity index (χ4n) is 2.27. The SMILES string of the molecule is C#CCCCCC(=C)CNC(=O)/C=C/CCC(C)C.Cc1cc(F)cc(F)c1. The van der Waals surface area contributed by atoms with Crippen LogP contribution in [0, 0.1) is 36.8 Å². The third-order valence-corrected chi connectivity index (χ3v) is 3.80. The van der Waals surface area contributed by atoms with Crippen molar-refractivity contribution in [2.24, 2.45) is 5.92 Å². The van der Waals surface area contributed by atoms with Crippen molar-refractivity contribution in [3.05, 3.63) is 59.7 Å². The number of allylic oxidation sites excluding steroid dienone is 1. The van der Waals surface area contributed by atoms with Crippen molar-refractivity contribution >= 4 is 5.91 Å². The van der Waals surface area contributed by atoms with Gasteiger partial charge in [0, 0.05) is 19.0 Å². The van der Waals surface area contributed by atoms with Crippen molar-refractivity contribution < 1.29 is 13.6 Å². The molecule has 0 saturated carbocycles. The molecular formula is C24H33F2NO. The van der Waals surface area contributed by atoms with E-state index in [9.17, 15) is 13.6 Å². The Morgan fingerprint density at radius 2 is 1.89 bits per heavy atom. The first-order chi connectivity index (χ1) is 13.2. The Morgan fingerprint density at radius 1 is 1.25 bits per heavy atom. The zero-order valence-corrected chi connectivity index (χ0v) is 17.4. The molecular weight excluding hydrogens is 356 g/mol. The topological polar surface area (TPSA) is 29.1 Å². The molecule has 0 aliphatic rings. The molecule has 0 radical (unpaired) electrons. The van der Waals surface area contributed by atoms with Gasteiger partial charge in [-0.25, -0.2) is 8.78 Å². The Labute approximate surface area is 169 Å². The summed E-state index contributed by atoms with van der Waals surface area (Å²) in [6, 6.07) is 3.42. The van der Waals surface area contributed by atoms with E-state index in [0.29, 0.717) is 18.0 Å². The van der Waals surface area contributed by atoms with E-state index in [0.717, 1.165) is 50.2 Å². The molecule has 0 unspecified atom stereocenters. The van der Waals surface area contributed by atoms with Crippen molar-refractivity contribution in [1.82, 2.24) is 5.32 Å². The standard InChI is InChI=1S/C17H27NO.C7H6F2/c1-5-6-7-8-12-16(4)14-18-17(19)13-10-9-11-15(2)3;1-5-2-6(8)4-7(9)3-5/h1,10,13,15H,4,6-9,11-12,14H2,2-3H3,(H,18,19);2-4H,1H3/b13-10+;. The van der Waals surface area contributed by atoms with E-state index in [2.05, 4.69) is 31.7 Å². The summed E-state index contributed by atoms with van der Waals surface area (Å²) in [5, 5.41) is 2.85. The van der Waals surface area contributed by atoms with Crippen molar-refractivity contribution in [3.63, 3.8) is 0 Å². The van der Waals surface area contributed by atoms with Crippen LogP contribution in [0.2, 0.25) is 0 Å². The fraction of sp³-hybridized carbons (Fsp3) is 0.458. The van der Waals surface area contributed by atoms with Crippen LogP contribution in [0.4, 0.5) is 8.78 Å². The van der Waals surface area contributed by atoms with Gasteiger partial charge in [-0.05, 0) is 68.7 Å². The Hall–Kier alpha value is -2.41. The summed E-state index contributed by atoms with van der Waals surface area (Å²) in [5.74, 6) is 2.22. The molecule has 0 aromatic heterocycles. The summed E-state index contributed by atoms with van der Waals surface area (Å²) < 4.78 is 24.4. The first-order valence-electron chi connectivity index (χ1n) is 9.71. The first kappa shape index (κ1) is 25.6. The third-order valence-electron chi connectivity index (χ3n) is 3.80. The number of carbonyl (C=O) groups is 1. The highest BCUT2D eigenvalue weighted by molar-refractivity contribution is 5.87. The molecule has 0 atom stereocenters. The minimum absolute atomic E-state index is 0.0338. The van der Waals surface area contributed by atoms with Gasteiger partial charge in [-0.15, -0.1) is 12.3 Å². The van der Waals surface area contributed by atoms with E-state index in [4.69, 9.17) is 6.42 Å². The molecule has 1 aromatic carbocycles. The molecule has 2 nitrogen and oxygen atoms in total. The highest BCUT2D eigenvalue weighted by Crippen LogP contribution is 2.07. The lowest BCUT2D eigenvalue weighted by molar-refractivity contribution is -0.116. The van der Waals surface area contributed by atoms with Crippen LogP contribution in [0.3, 0.4) is 0 Å². The summed E-state index contributed by atoms with van der Waals surface area (Å²) in [6.45, 7) is 10.5. The van der Waals surface area contributed by atoms with Crippen LogP contribution in [0.15, 0.2) is 42.5 Å². The Kier molecular flexibility index (Phi) is 14.3. The van der Waals surface area contributed by atoms with Crippen molar-refractivity contribution in [1.29, 1.82) is 0 Å². The average Bonchev–Trinajstić information content (AvgIpc) is 2.60. The molecule has 1 rings (SSSR count). The second-order valence-corrected chi connectivity index (χ2v) is 7.20. The van der Waals surface area contributed by atoms with Gasteiger partial charge in [0.1, 0.15) is 11.6 Å². The summed E-state index contributed by atoms with van der Waals surface area (Å²) in [7, 11) is 0. The summed E-state index contributed by atoms with van der Waals surface area (Å²) in [5.41, 5.74) is 1.66. The van der Waals surface area contributed by atoms with Crippen LogP contribution < -0.4 is 5.32 Å². The number of carbonyl (C=O) groups excluding carboxylic acids is 1. The smallest absolute Gasteiger partial charge is 0.243 e. The lowest BCUT2D eigenvalue weighted by atomic mass is 10.1. The summed E-state index contributed by atoms with van der Waals surface area (Å²) in [6.07, 6.45) is 14.6. The predicted molar refractivity (Wildman–Crippen MR) is 114 cm³/mol. The second-order valence-electron chi connectivity index (χ2n) is 7.20. The normalized spacial score (nSPS) is 10.3. The van der Waals surface area contributed by atoms with E-state index in [1.165, 1.54) is 12.1 Å². The van der Waals surface area contributed by atoms with Crippen LogP contribution in [0.25, 0.3) is 0 Å². The second kappa shape index (κ2) is 15.6. The highest BCUT2D eigenvalue weighted by Gasteiger charge is 1.98. The van der Waals surface area contributed by atoms with E-state index in [1.807, 2.05) is 6.08 Å². The maximum Gasteiger partial charge on any atom is 0.243 e. The van der Waals surface area contributed by atoms with Crippen LogP contribution in [0.1, 0.15) is 57.9 Å². The maximum absolute atomic E-state index is 12.2. The number of halogens is 2. The molecule has 0 heterocycles. The van der Waals surface area contributed by atoms with E-state index >= 15 is 0 Å². The van der Waals surface area contributed by atoms with Gasteiger partial charge in [-0.3, -0.25) is 4.79 Å². The molecule has 0 spiro atoms. The molecule has 0 saturated heterocycles. The zero-order chi connectivity index (χ0) is 21.4. The Bertz CT molecular complexity index is 621. The van der Waals surface area contributed by atoms with E-state index < -0.39 is 11.6 Å². The van der Waals surface area contributed by atoms with Gasteiger partial charge in [-0.1, -0.05) is 32.1 Å². The molecule has 0 fully saturated rings. The summed E-state index contributed by atoms with van der Waals surface area (Å²) >= 11 is 0. The van der Waals surface area contributed by atoms with Gasteiger partial charge in [0.05, 0.1) is 0 Å². The number of aryl methyl sites for hydroxylation is 1. The van der Waals surface area contributed by atoms with Crippen molar-refractivity contribution in [3.8, 4) is 12.3 Å². The summed E-state index contributed by atoms with van der Waals surface area (Å²) in [4.78, 5) is 11.5. The monoisotopic (exact) mass is 389 g/mol. The molecule has 1 amide bonds. The maximum atomic E-state index is 12.2. The van der Waals surface area contributed by atoms with Crippen LogP contribution in [0.5, 0.6) is 0 Å². The molecule has 0 aliphatic heterocycles. The molecule has 1 N–H and O–H groups in total. The molecule has 1 aromatic rings. The number of nitrogens with one attached hydrogen (secondary N) is 1. The first-order valence-corrected chi connectivity index (χ1v) is 9.71. The Balaban J connectivity index is 0.000000668. The highest BCUT2D eigenvalue weighted by atomic mass is 19.1. The average molecular weight is 390 g/mol. The third kappa shape index (κ3) is 15.8. The lowest BCUT2D eigenvalue weighted by Gasteiger charge is -2.05. The van der Waals surface area contributed by atoms with Crippen LogP contribution >= 0.6 is 0 Å². The largest absolute Gasteiger partial charge is 0.349 e. The van der Waals surface area contributed by atoms with Gasteiger partial charge < -0.3 is 5.32 Å². The number of rotatable bonds is 10. The van der Waals surface area contributed by atoms with Gasteiger partial charge in [0.15, 0.2) is 0 Å². The Morgan fingerprint density at radius 3 is 2.43 bits per heavy atom. The molecule has 0 aliphatic carbocycles.